The van der Waals surface area contributed by atoms with Gasteiger partial charge in [-0.25, -0.2) is 0 Å². The van der Waals surface area contributed by atoms with Gasteiger partial charge >= 0.3 is 6.18 Å². The fourth-order valence-corrected chi connectivity index (χ4v) is 2.86. The van der Waals surface area contributed by atoms with Crippen LogP contribution >= 0.6 is 0 Å². The molecule has 0 spiro atoms. The molecule has 0 unspecified atom stereocenters. The first-order chi connectivity index (χ1) is 9.95. The number of hydrogen-bond acceptors (Lipinski definition) is 1. The second-order valence-corrected chi connectivity index (χ2v) is 5.54. The highest BCUT2D eigenvalue weighted by Gasteiger charge is 2.47. The second-order valence-electron chi connectivity index (χ2n) is 5.54. The summed E-state index contributed by atoms with van der Waals surface area (Å²) in [5.74, 6) is -1.41. The van der Waals surface area contributed by atoms with E-state index in [1.165, 1.54) is 0 Å². The molecule has 1 aliphatic rings. The third kappa shape index (κ3) is 2.75. The molecule has 1 heterocycles. The number of fused-ring (bicyclic) bond motifs is 1. The topological polar surface area (TPSA) is 12.0 Å². The second kappa shape index (κ2) is 5.10. The summed E-state index contributed by atoms with van der Waals surface area (Å²) in [6, 6.07) is 13.7. The zero-order chi connectivity index (χ0) is 15.0. The van der Waals surface area contributed by atoms with E-state index in [-0.39, 0.29) is 6.42 Å². The molecule has 21 heavy (non-hydrogen) atoms. The van der Waals surface area contributed by atoms with Crippen molar-refractivity contribution in [2.24, 2.45) is 5.92 Å². The van der Waals surface area contributed by atoms with Gasteiger partial charge in [-0.05, 0) is 30.5 Å². The highest BCUT2D eigenvalue weighted by molar-refractivity contribution is 5.55. The summed E-state index contributed by atoms with van der Waals surface area (Å²) < 4.78 is 40.2. The number of hydrogen-bond donors (Lipinski definition) is 1. The van der Waals surface area contributed by atoms with E-state index in [2.05, 4.69) is 5.32 Å². The van der Waals surface area contributed by atoms with Crippen LogP contribution in [0.3, 0.4) is 0 Å². The van der Waals surface area contributed by atoms with Gasteiger partial charge in [0.1, 0.15) is 0 Å². The summed E-state index contributed by atoms with van der Waals surface area (Å²) in [5, 5.41) is 3.07. The minimum absolute atomic E-state index is 0.0191. The molecule has 2 aromatic rings. The molecular formula is C17H16F3N. The molecule has 0 fully saturated rings. The summed E-state index contributed by atoms with van der Waals surface area (Å²) >= 11 is 0. The third-order valence-corrected chi connectivity index (χ3v) is 4.03. The van der Waals surface area contributed by atoms with Gasteiger partial charge in [-0.2, -0.15) is 13.2 Å². The lowest BCUT2D eigenvalue weighted by Crippen LogP contribution is -2.38. The van der Waals surface area contributed by atoms with Gasteiger partial charge in [0.15, 0.2) is 0 Å². The van der Waals surface area contributed by atoms with Crippen LogP contribution in [0.5, 0.6) is 0 Å². The van der Waals surface area contributed by atoms with Gasteiger partial charge < -0.3 is 5.32 Å². The lowest BCUT2D eigenvalue weighted by molar-refractivity contribution is -0.179. The number of anilines is 1. The zero-order valence-electron chi connectivity index (χ0n) is 11.6. The Balaban J connectivity index is 2.02. The molecule has 0 aliphatic carbocycles. The number of para-hydroxylation sites is 1. The Morgan fingerprint density at radius 1 is 1.00 bits per heavy atom. The van der Waals surface area contributed by atoms with Crippen molar-refractivity contribution >= 4 is 5.69 Å². The van der Waals surface area contributed by atoms with E-state index in [1.807, 2.05) is 31.2 Å². The number of nitrogens with one attached hydrogen (secondary N) is 1. The maximum absolute atomic E-state index is 13.4. The number of benzene rings is 2. The molecule has 110 valence electrons. The van der Waals surface area contributed by atoms with Crippen molar-refractivity contribution in [2.45, 2.75) is 25.6 Å². The Morgan fingerprint density at radius 2 is 1.67 bits per heavy atom. The summed E-state index contributed by atoms with van der Waals surface area (Å²) in [4.78, 5) is 0. The number of alkyl halides is 3. The molecule has 3 rings (SSSR count). The summed E-state index contributed by atoms with van der Waals surface area (Å²) in [7, 11) is 0. The fourth-order valence-electron chi connectivity index (χ4n) is 2.86. The summed E-state index contributed by atoms with van der Waals surface area (Å²) in [6.45, 7) is 1.93. The molecule has 0 saturated heterocycles. The van der Waals surface area contributed by atoms with E-state index in [0.29, 0.717) is 5.56 Å². The van der Waals surface area contributed by atoms with Crippen molar-refractivity contribution in [3.8, 4) is 0 Å². The molecule has 4 heteroatoms. The molecule has 2 atom stereocenters. The van der Waals surface area contributed by atoms with E-state index in [0.717, 1.165) is 16.8 Å². The van der Waals surface area contributed by atoms with E-state index in [1.54, 1.807) is 24.3 Å². The predicted octanol–water partition coefficient (Wildman–Crippen LogP) is 4.88. The van der Waals surface area contributed by atoms with E-state index in [4.69, 9.17) is 0 Å². The van der Waals surface area contributed by atoms with Crippen LogP contribution < -0.4 is 5.32 Å². The maximum atomic E-state index is 13.4. The fraction of sp³-hybridized carbons (Fsp3) is 0.294. The molecule has 2 aromatic carbocycles. The quantitative estimate of drug-likeness (QED) is 0.789. The van der Waals surface area contributed by atoms with Crippen LogP contribution in [0.4, 0.5) is 18.9 Å². The van der Waals surface area contributed by atoms with Crippen molar-refractivity contribution in [1.82, 2.24) is 0 Å². The van der Waals surface area contributed by atoms with Crippen LogP contribution in [0, 0.1) is 12.8 Å². The van der Waals surface area contributed by atoms with Crippen LogP contribution in [-0.2, 0) is 6.42 Å². The van der Waals surface area contributed by atoms with Gasteiger partial charge in [-0.1, -0.05) is 48.0 Å². The highest BCUT2D eigenvalue weighted by Crippen LogP contribution is 2.44. The minimum Gasteiger partial charge on any atom is -0.377 e. The monoisotopic (exact) mass is 291 g/mol. The van der Waals surface area contributed by atoms with Crippen LogP contribution in [0.25, 0.3) is 0 Å². The van der Waals surface area contributed by atoms with E-state index < -0.39 is 18.1 Å². The van der Waals surface area contributed by atoms with E-state index in [9.17, 15) is 13.2 Å². The third-order valence-electron chi connectivity index (χ3n) is 4.03. The molecule has 0 aromatic heterocycles. The first-order valence-corrected chi connectivity index (χ1v) is 6.93. The van der Waals surface area contributed by atoms with Gasteiger partial charge in [0.05, 0.1) is 12.0 Å². The molecule has 1 N–H and O–H groups in total. The SMILES string of the molecule is Cc1ccc([C@@H]2Nc3ccccc3C[C@@H]2C(F)(F)F)cc1. The van der Waals surface area contributed by atoms with Gasteiger partial charge in [0, 0.05) is 5.69 Å². The molecule has 1 aliphatic heterocycles. The Bertz CT molecular complexity index is 631. The predicted molar refractivity (Wildman–Crippen MR) is 77.2 cm³/mol. The first-order valence-electron chi connectivity index (χ1n) is 6.93. The average Bonchev–Trinajstić information content (AvgIpc) is 2.46. The Morgan fingerprint density at radius 3 is 2.33 bits per heavy atom. The lowest BCUT2D eigenvalue weighted by Gasteiger charge is -2.36. The minimum atomic E-state index is -4.23. The van der Waals surface area contributed by atoms with Crippen LogP contribution in [0.1, 0.15) is 22.7 Å². The summed E-state index contributed by atoms with van der Waals surface area (Å²) in [5.41, 5.74) is 3.24. The standard InChI is InChI=1S/C17H16F3N/c1-11-6-8-12(9-7-11)16-14(17(18,19)20)10-13-4-2-3-5-15(13)21-16/h2-9,14,16,21H,10H2,1H3/t14-,16-/m0/s1. The molecular weight excluding hydrogens is 275 g/mol. The van der Waals surface area contributed by atoms with Crippen molar-refractivity contribution in [1.29, 1.82) is 0 Å². The van der Waals surface area contributed by atoms with Crippen molar-refractivity contribution in [3.63, 3.8) is 0 Å². The normalized spacial score (nSPS) is 21.5. The van der Waals surface area contributed by atoms with Gasteiger partial charge in [0.25, 0.3) is 0 Å². The Kier molecular flexibility index (Phi) is 3.40. The number of aryl methyl sites for hydroxylation is 1. The first kappa shape index (κ1) is 14.0. The molecule has 0 saturated carbocycles. The largest absolute Gasteiger partial charge is 0.394 e. The van der Waals surface area contributed by atoms with Gasteiger partial charge in [0.2, 0.25) is 0 Å². The average molecular weight is 291 g/mol. The van der Waals surface area contributed by atoms with Crippen LogP contribution in [0.2, 0.25) is 0 Å². The molecule has 0 radical (unpaired) electrons. The smallest absolute Gasteiger partial charge is 0.377 e. The Labute approximate surface area is 121 Å². The van der Waals surface area contributed by atoms with Crippen molar-refractivity contribution in [2.75, 3.05) is 5.32 Å². The lowest BCUT2D eigenvalue weighted by atomic mass is 9.83. The maximum Gasteiger partial charge on any atom is 0.394 e. The zero-order valence-corrected chi connectivity index (χ0v) is 11.6. The van der Waals surface area contributed by atoms with Gasteiger partial charge in [-0.3, -0.25) is 0 Å². The van der Waals surface area contributed by atoms with Gasteiger partial charge in [-0.15, -0.1) is 0 Å². The molecule has 0 amide bonds. The number of rotatable bonds is 1. The molecule has 0 bridgehead atoms. The van der Waals surface area contributed by atoms with Crippen LogP contribution in [-0.4, -0.2) is 6.18 Å². The van der Waals surface area contributed by atoms with E-state index >= 15 is 0 Å². The van der Waals surface area contributed by atoms with Crippen molar-refractivity contribution < 1.29 is 13.2 Å². The molecule has 1 nitrogen and oxygen atoms in total. The number of halogens is 3. The van der Waals surface area contributed by atoms with Crippen LogP contribution in [0.15, 0.2) is 48.5 Å². The van der Waals surface area contributed by atoms with Crippen molar-refractivity contribution in [3.05, 3.63) is 65.2 Å². The Hall–Kier alpha value is -1.97. The highest BCUT2D eigenvalue weighted by atomic mass is 19.4. The summed E-state index contributed by atoms with van der Waals surface area (Å²) in [6.07, 6.45) is -4.21.